The van der Waals surface area contributed by atoms with Crippen molar-refractivity contribution in [2.24, 2.45) is 0 Å². The van der Waals surface area contributed by atoms with Gasteiger partial charge in [-0.15, -0.1) is 0 Å². The quantitative estimate of drug-likeness (QED) is 0.602. The lowest BCUT2D eigenvalue weighted by molar-refractivity contribution is -0.116. The molecule has 0 radical (unpaired) electrons. The van der Waals surface area contributed by atoms with E-state index >= 15 is 0 Å². The Balaban J connectivity index is 1.45. The average Bonchev–Trinajstić information content (AvgIpc) is 3.29. The number of aromatic nitrogens is 3. The highest BCUT2D eigenvalue weighted by molar-refractivity contribution is 5.91. The summed E-state index contributed by atoms with van der Waals surface area (Å²) in [6.07, 6.45) is 5.34. The summed E-state index contributed by atoms with van der Waals surface area (Å²) in [6.45, 7) is 0.251. The second-order valence-electron chi connectivity index (χ2n) is 5.92. The first-order chi connectivity index (χ1) is 12.7. The molecule has 6 heteroatoms. The van der Waals surface area contributed by atoms with Crippen LogP contribution in [0.25, 0.3) is 16.6 Å². The van der Waals surface area contributed by atoms with E-state index in [9.17, 15) is 4.79 Å². The van der Waals surface area contributed by atoms with E-state index < -0.39 is 0 Å². The van der Waals surface area contributed by atoms with Gasteiger partial charge in [-0.25, -0.2) is 4.68 Å². The molecule has 0 atom stereocenters. The van der Waals surface area contributed by atoms with Crippen LogP contribution in [0.2, 0.25) is 0 Å². The Morgan fingerprint density at radius 1 is 1.12 bits per heavy atom. The van der Waals surface area contributed by atoms with E-state index in [4.69, 9.17) is 4.74 Å². The van der Waals surface area contributed by atoms with Crippen molar-refractivity contribution in [2.45, 2.75) is 6.54 Å². The minimum atomic E-state index is -0.0966. The number of carbonyl (C=O) groups excluding carboxylic acids is 1. The van der Waals surface area contributed by atoms with Crippen LogP contribution in [-0.2, 0) is 11.3 Å². The van der Waals surface area contributed by atoms with E-state index in [1.54, 1.807) is 24.2 Å². The molecule has 0 fully saturated rings. The number of methoxy groups -OCH3 is 1. The Morgan fingerprint density at radius 3 is 2.73 bits per heavy atom. The van der Waals surface area contributed by atoms with Crippen LogP contribution in [0.3, 0.4) is 0 Å². The molecule has 0 aliphatic heterocycles. The molecule has 0 unspecified atom stereocenters. The number of para-hydroxylation sites is 1. The summed E-state index contributed by atoms with van der Waals surface area (Å²) in [7, 11) is 1.63. The summed E-state index contributed by atoms with van der Waals surface area (Å²) in [5, 5.41) is 8.30. The molecule has 0 spiro atoms. The van der Waals surface area contributed by atoms with Gasteiger partial charge >= 0.3 is 0 Å². The largest absolute Gasteiger partial charge is 0.497 e. The SMILES string of the molecule is COc1ccc(-n2cc(NC(=O)Cn3ccc4ccccc43)cn2)cc1. The van der Waals surface area contributed by atoms with Crippen LogP contribution in [0.5, 0.6) is 5.75 Å². The molecular weight excluding hydrogens is 328 g/mol. The third-order valence-corrected chi connectivity index (χ3v) is 4.20. The molecule has 1 N–H and O–H groups in total. The lowest BCUT2D eigenvalue weighted by Crippen LogP contribution is -2.17. The smallest absolute Gasteiger partial charge is 0.244 e. The Morgan fingerprint density at radius 2 is 1.92 bits per heavy atom. The van der Waals surface area contributed by atoms with Crippen molar-refractivity contribution >= 4 is 22.5 Å². The molecule has 1 amide bonds. The predicted octanol–water partition coefficient (Wildman–Crippen LogP) is 3.47. The normalized spacial score (nSPS) is 10.8. The molecule has 4 aromatic rings. The maximum absolute atomic E-state index is 12.4. The molecule has 0 bridgehead atoms. The predicted molar refractivity (Wildman–Crippen MR) is 101 cm³/mol. The topological polar surface area (TPSA) is 61.1 Å². The number of carbonyl (C=O) groups is 1. The molecule has 6 nitrogen and oxygen atoms in total. The number of amides is 1. The van der Waals surface area contributed by atoms with Gasteiger partial charge in [-0.3, -0.25) is 4.79 Å². The zero-order valence-electron chi connectivity index (χ0n) is 14.3. The van der Waals surface area contributed by atoms with Crippen molar-refractivity contribution in [1.29, 1.82) is 0 Å². The van der Waals surface area contributed by atoms with Crippen LogP contribution in [0.15, 0.2) is 73.2 Å². The first-order valence-electron chi connectivity index (χ1n) is 8.26. The maximum Gasteiger partial charge on any atom is 0.244 e. The van der Waals surface area contributed by atoms with Crippen molar-refractivity contribution < 1.29 is 9.53 Å². The van der Waals surface area contributed by atoms with E-state index in [1.165, 1.54) is 0 Å². The number of fused-ring (bicyclic) bond motifs is 1. The van der Waals surface area contributed by atoms with Crippen molar-refractivity contribution in [2.75, 3.05) is 12.4 Å². The van der Waals surface area contributed by atoms with Crippen LogP contribution < -0.4 is 10.1 Å². The molecule has 2 aromatic heterocycles. The first kappa shape index (κ1) is 16.0. The number of benzene rings is 2. The van der Waals surface area contributed by atoms with Crippen LogP contribution in [0, 0.1) is 0 Å². The first-order valence-corrected chi connectivity index (χ1v) is 8.26. The van der Waals surface area contributed by atoms with E-state index in [-0.39, 0.29) is 12.5 Å². The average molecular weight is 346 g/mol. The van der Waals surface area contributed by atoms with Crippen molar-refractivity contribution in [3.63, 3.8) is 0 Å². The van der Waals surface area contributed by atoms with Crippen molar-refractivity contribution in [3.8, 4) is 11.4 Å². The van der Waals surface area contributed by atoms with Gasteiger partial charge in [-0.2, -0.15) is 5.10 Å². The standard InChI is InChI=1S/C20H18N4O2/c1-26-18-8-6-17(7-9-18)24-13-16(12-21-24)22-20(25)14-23-11-10-15-4-2-3-5-19(15)23/h2-13H,14H2,1H3,(H,22,25). The van der Waals surface area contributed by atoms with Gasteiger partial charge in [0, 0.05) is 11.7 Å². The minimum absolute atomic E-state index is 0.0966. The second kappa shape index (κ2) is 6.76. The Bertz CT molecular complexity index is 1050. The number of nitrogens with zero attached hydrogens (tertiary/aromatic N) is 3. The summed E-state index contributed by atoms with van der Waals surface area (Å²) >= 11 is 0. The molecule has 2 aromatic carbocycles. The summed E-state index contributed by atoms with van der Waals surface area (Å²) in [5.74, 6) is 0.689. The van der Waals surface area contributed by atoms with Crippen molar-refractivity contribution in [3.05, 3.63) is 73.2 Å². The summed E-state index contributed by atoms with van der Waals surface area (Å²) in [5.41, 5.74) is 2.58. The summed E-state index contributed by atoms with van der Waals surface area (Å²) in [6, 6.07) is 17.5. The van der Waals surface area contributed by atoms with E-state index in [1.807, 2.05) is 65.4 Å². The van der Waals surface area contributed by atoms with Gasteiger partial charge in [0.25, 0.3) is 0 Å². The number of nitrogens with one attached hydrogen (secondary N) is 1. The maximum atomic E-state index is 12.4. The second-order valence-corrected chi connectivity index (χ2v) is 5.92. The fourth-order valence-corrected chi connectivity index (χ4v) is 2.90. The van der Waals surface area contributed by atoms with Gasteiger partial charge in [-0.1, -0.05) is 18.2 Å². The number of ether oxygens (including phenoxy) is 1. The Labute approximate surface area is 150 Å². The zero-order valence-corrected chi connectivity index (χ0v) is 14.3. The molecule has 26 heavy (non-hydrogen) atoms. The highest BCUT2D eigenvalue weighted by Crippen LogP contribution is 2.17. The highest BCUT2D eigenvalue weighted by Gasteiger charge is 2.08. The molecular formula is C20H18N4O2. The number of hydrogen-bond donors (Lipinski definition) is 1. The van der Waals surface area contributed by atoms with Gasteiger partial charge in [0.2, 0.25) is 5.91 Å². The van der Waals surface area contributed by atoms with Gasteiger partial charge in [-0.05, 0) is 41.8 Å². The number of rotatable bonds is 5. The number of hydrogen-bond acceptors (Lipinski definition) is 3. The monoisotopic (exact) mass is 346 g/mol. The summed E-state index contributed by atoms with van der Waals surface area (Å²) in [4.78, 5) is 12.4. The fraction of sp³-hybridized carbons (Fsp3) is 0.100. The molecule has 130 valence electrons. The highest BCUT2D eigenvalue weighted by atomic mass is 16.5. The van der Waals surface area contributed by atoms with Gasteiger partial charge in [0.15, 0.2) is 0 Å². The van der Waals surface area contributed by atoms with Gasteiger partial charge in [0.05, 0.1) is 30.9 Å². The molecule has 4 rings (SSSR count). The van der Waals surface area contributed by atoms with Crippen LogP contribution in [-0.4, -0.2) is 27.4 Å². The van der Waals surface area contributed by atoms with E-state index in [2.05, 4.69) is 10.4 Å². The van der Waals surface area contributed by atoms with E-state index in [0.29, 0.717) is 5.69 Å². The molecule has 0 saturated heterocycles. The zero-order chi connectivity index (χ0) is 17.9. The van der Waals surface area contributed by atoms with Gasteiger partial charge in [0.1, 0.15) is 12.3 Å². The Hall–Kier alpha value is -3.54. The third kappa shape index (κ3) is 3.17. The third-order valence-electron chi connectivity index (χ3n) is 4.20. The van der Waals surface area contributed by atoms with Gasteiger partial charge < -0.3 is 14.6 Å². The fourth-order valence-electron chi connectivity index (χ4n) is 2.90. The van der Waals surface area contributed by atoms with Crippen LogP contribution in [0.4, 0.5) is 5.69 Å². The van der Waals surface area contributed by atoms with E-state index in [0.717, 1.165) is 22.3 Å². The van der Waals surface area contributed by atoms with Crippen LogP contribution in [0.1, 0.15) is 0 Å². The lowest BCUT2D eigenvalue weighted by Gasteiger charge is -2.06. The minimum Gasteiger partial charge on any atom is -0.497 e. The molecule has 2 heterocycles. The summed E-state index contributed by atoms with van der Waals surface area (Å²) < 4.78 is 8.79. The van der Waals surface area contributed by atoms with Crippen LogP contribution >= 0.6 is 0 Å². The Kier molecular flexibility index (Phi) is 4.15. The molecule has 0 aliphatic rings. The van der Waals surface area contributed by atoms with Crippen molar-refractivity contribution in [1.82, 2.24) is 14.3 Å². The lowest BCUT2D eigenvalue weighted by atomic mass is 10.2. The number of anilines is 1. The molecule has 0 saturated carbocycles. The molecule has 0 aliphatic carbocycles.